The number of benzene rings is 2. The molecule has 23 heavy (non-hydrogen) atoms. The maximum Gasteiger partial charge on any atom is 0.399 e. The van der Waals surface area contributed by atoms with Crippen molar-refractivity contribution in [3.8, 4) is 0 Å². The molecule has 0 radical (unpaired) electrons. The molecule has 2 aromatic carbocycles. The Morgan fingerprint density at radius 2 is 1.74 bits per heavy atom. The molecule has 2 aliphatic carbocycles. The van der Waals surface area contributed by atoms with Gasteiger partial charge in [-0.25, -0.2) is 0 Å². The Bertz CT molecular complexity index is 831. The van der Waals surface area contributed by atoms with Crippen molar-refractivity contribution in [2.45, 2.75) is 30.9 Å². The van der Waals surface area contributed by atoms with Gasteiger partial charge in [0.1, 0.15) is 5.92 Å². The number of nitrogens with zero attached hydrogens (tertiary/aromatic N) is 1. The molecule has 0 heterocycles. The number of ether oxygens (including phenoxy) is 1. The van der Waals surface area contributed by atoms with E-state index in [9.17, 15) is 14.9 Å². The van der Waals surface area contributed by atoms with E-state index in [-0.39, 0.29) is 5.92 Å². The van der Waals surface area contributed by atoms with Crippen LogP contribution in [0.1, 0.15) is 47.4 Å². The summed E-state index contributed by atoms with van der Waals surface area (Å²) in [6, 6.07) is 15.0. The van der Waals surface area contributed by atoms with Crippen LogP contribution in [0, 0.1) is 10.1 Å². The lowest BCUT2D eigenvalue weighted by molar-refractivity contribution is -0.639. The van der Waals surface area contributed by atoms with Gasteiger partial charge >= 0.3 is 11.7 Å². The summed E-state index contributed by atoms with van der Waals surface area (Å²) < 4.78 is 5.42. The number of carbonyl (C=O) groups is 1. The molecule has 3 unspecified atom stereocenters. The maximum atomic E-state index is 12.1. The third-order valence-corrected chi connectivity index (χ3v) is 4.98. The molecule has 0 spiro atoms. The van der Waals surface area contributed by atoms with Crippen molar-refractivity contribution in [1.82, 2.24) is 0 Å². The van der Waals surface area contributed by atoms with E-state index in [4.69, 9.17) is 4.74 Å². The van der Waals surface area contributed by atoms with Crippen LogP contribution in [0.25, 0.3) is 0 Å². The van der Waals surface area contributed by atoms with Gasteiger partial charge < -0.3 is 4.74 Å². The zero-order valence-corrected chi connectivity index (χ0v) is 12.6. The average molecular weight is 309 g/mol. The molecule has 0 saturated heterocycles. The standard InChI is InChI=1S/C18H15NO4/c1-11(20)23-18(19(21)22)16-9-5-4-8-14(16)15-10-17(18)13-7-3-2-6-12(13)15/h2-9,15,17H,10H2,1H3. The SMILES string of the molecule is CC(=O)OC1([N+](=O)[O-])c2ccccc2C2CC1c1ccccc12. The quantitative estimate of drug-likeness (QED) is 0.369. The fourth-order valence-electron chi connectivity index (χ4n) is 4.22. The van der Waals surface area contributed by atoms with E-state index in [2.05, 4.69) is 0 Å². The van der Waals surface area contributed by atoms with E-state index < -0.39 is 22.5 Å². The van der Waals surface area contributed by atoms with E-state index in [1.54, 1.807) is 12.1 Å². The van der Waals surface area contributed by atoms with Crippen molar-refractivity contribution in [2.75, 3.05) is 0 Å². The Labute approximate surface area is 133 Å². The van der Waals surface area contributed by atoms with Crippen LogP contribution in [0.2, 0.25) is 0 Å². The highest BCUT2D eigenvalue weighted by molar-refractivity contribution is 5.68. The number of hydrogen-bond acceptors (Lipinski definition) is 4. The highest BCUT2D eigenvalue weighted by Gasteiger charge is 2.64. The number of rotatable bonds is 2. The topological polar surface area (TPSA) is 69.4 Å². The number of carbonyl (C=O) groups excluding carboxylic acids is 1. The van der Waals surface area contributed by atoms with Crippen LogP contribution in [-0.2, 0) is 15.3 Å². The molecule has 116 valence electrons. The Morgan fingerprint density at radius 1 is 1.13 bits per heavy atom. The zero-order chi connectivity index (χ0) is 16.2. The van der Waals surface area contributed by atoms with Gasteiger partial charge in [-0.05, 0) is 29.2 Å². The molecular formula is C18H15NO4. The number of fused-ring (bicyclic) bond motifs is 7. The van der Waals surface area contributed by atoms with Gasteiger partial charge in [0.05, 0.1) is 10.5 Å². The van der Waals surface area contributed by atoms with E-state index in [0.717, 1.165) is 16.7 Å². The van der Waals surface area contributed by atoms with Gasteiger partial charge in [0.2, 0.25) is 0 Å². The first-order chi connectivity index (χ1) is 11.1. The summed E-state index contributed by atoms with van der Waals surface area (Å²) in [7, 11) is 0. The lowest BCUT2D eigenvalue weighted by Gasteiger charge is -2.35. The number of hydrogen-bond donors (Lipinski definition) is 0. The summed E-state index contributed by atoms with van der Waals surface area (Å²) in [6.07, 6.45) is 0.588. The van der Waals surface area contributed by atoms with Crippen LogP contribution in [0.4, 0.5) is 0 Å². The van der Waals surface area contributed by atoms with Crippen LogP contribution < -0.4 is 0 Å². The van der Waals surface area contributed by atoms with Crippen molar-refractivity contribution in [2.24, 2.45) is 0 Å². The predicted molar refractivity (Wildman–Crippen MR) is 82.5 cm³/mol. The molecule has 0 N–H and O–H groups in total. The third kappa shape index (κ3) is 1.70. The summed E-state index contributed by atoms with van der Waals surface area (Å²) in [5.41, 5.74) is 1.54. The largest absolute Gasteiger partial charge is 0.399 e. The second-order valence-corrected chi connectivity index (χ2v) is 6.10. The lowest BCUT2D eigenvalue weighted by atomic mass is 9.75. The van der Waals surface area contributed by atoms with Gasteiger partial charge in [0, 0.05) is 12.8 Å². The molecule has 2 aromatic rings. The first-order valence-corrected chi connectivity index (χ1v) is 7.58. The highest BCUT2D eigenvalue weighted by atomic mass is 16.7. The van der Waals surface area contributed by atoms with E-state index in [0.29, 0.717) is 12.0 Å². The van der Waals surface area contributed by atoms with E-state index in [1.165, 1.54) is 6.92 Å². The maximum absolute atomic E-state index is 12.1. The highest BCUT2D eigenvalue weighted by Crippen LogP contribution is 2.60. The molecule has 0 fully saturated rings. The van der Waals surface area contributed by atoms with Crippen molar-refractivity contribution >= 4 is 5.97 Å². The van der Waals surface area contributed by atoms with E-state index in [1.807, 2.05) is 36.4 Å². The first kappa shape index (κ1) is 13.9. The van der Waals surface area contributed by atoms with Gasteiger partial charge in [0.25, 0.3) is 0 Å². The minimum atomic E-state index is -1.84. The van der Waals surface area contributed by atoms with Crippen LogP contribution in [0.3, 0.4) is 0 Å². The fourth-order valence-corrected chi connectivity index (χ4v) is 4.22. The summed E-state index contributed by atoms with van der Waals surface area (Å²) in [4.78, 5) is 23.4. The second-order valence-electron chi connectivity index (χ2n) is 6.10. The van der Waals surface area contributed by atoms with Crippen LogP contribution in [0.5, 0.6) is 0 Å². The predicted octanol–water partition coefficient (Wildman–Crippen LogP) is 3.31. The van der Waals surface area contributed by atoms with Gasteiger partial charge in [-0.2, -0.15) is 0 Å². The molecule has 5 heteroatoms. The first-order valence-electron chi connectivity index (χ1n) is 7.58. The molecule has 0 aromatic heterocycles. The molecule has 0 amide bonds. The monoisotopic (exact) mass is 309 g/mol. The minimum absolute atomic E-state index is 0.121. The van der Waals surface area contributed by atoms with Crippen LogP contribution in [-0.4, -0.2) is 10.9 Å². The Morgan fingerprint density at radius 3 is 2.39 bits per heavy atom. The average Bonchev–Trinajstić information content (AvgIpc) is 2.88. The van der Waals surface area contributed by atoms with Gasteiger partial charge in [-0.3, -0.25) is 14.9 Å². The van der Waals surface area contributed by atoms with Crippen molar-refractivity contribution in [1.29, 1.82) is 0 Å². The summed E-state index contributed by atoms with van der Waals surface area (Å²) in [6.45, 7) is 1.22. The van der Waals surface area contributed by atoms with Crippen molar-refractivity contribution in [3.63, 3.8) is 0 Å². The summed E-state index contributed by atoms with van der Waals surface area (Å²) >= 11 is 0. The van der Waals surface area contributed by atoms with Gasteiger partial charge in [0.15, 0.2) is 0 Å². The molecule has 0 aliphatic heterocycles. The van der Waals surface area contributed by atoms with E-state index >= 15 is 0 Å². The lowest BCUT2D eigenvalue weighted by Crippen LogP contribution is -2.47. The minimum Gasteiger partial charge on any atom is -0.392 e. The molecule has 3 atom stereocenters. The Kier molecular flexibility index (Phi) is 2.82. The zero-order valence-electron chi connectivity index (χ0n) is 12.6. The summed E-state index contributed by atoms with van der Waals surface area (Å²) in [5, 5.41) is 12.1. The van der Waals surface area contributed by atoms with Gasteiger partial charge in [-0.1, -0.05) is 42.5 Å². The molecule has 5 nitrogen and oxygen atoms in total. The van der Waals surface area contributed by atoms with Crippen molar-refractivity contribution in [3.05, 3.63) is 80.9 Å². The normalized spacial score (nSPS) is 27.0. The van der Waals surface area contributed by atoms with Crippen LogP contribution >= 0.6 is 0 Å². The number of nitro groups is 1. The smallest absolute Gasteiger partial charge is 0.392 e. The van der Waals surface area contributed by atoms with Crippen molar-refractivity contribution < 1.29 is 14.5 Å². The molecule has 2 aliphatic rings. The van der Waals surface area contributed by atoms with Crippen LogP contribution in [0.15, 0.2) is 48.5 Å². The Hall–Kier alpha value is -2.69. The van der Waals surface area contributed by atoms with Gasteiger partial charge in [-0.15, -0.1) is 0 Å². The molecule has 2 bridgehead atoms. The third-order valence-electron chi connectivity index (χ3n) is 4.98. The fraction of sp³-hybridized carbons (Fsp3) is 0.278. The molecule has 4 rings (SSSR count). The molecule has 0 saturated carbocycles. The Balaban J connectivity index is 2.06. The number of esters is 1. The summed E-state index contributed by atoms with van der Waals surface area (Å²) in [5.74, 6) is -0.979. The second kappa shape index (κ2) is 4.65. The molecular weight excluding hydrogens is 294 g/mol.